The van der Waals surface area contributed by atoms with Gasteiger partial charge >= 0.3 is 0 Å². The molecule has 0 saturated heterocycles. The lowest BCUT2D eigenvalue weighted by Crippen LogP contribution is -2.15. The molecule has 0 saturated carbocycles. The average molecular weight is 879 g/mol. The van der Waals surface area contributed by atoms with Gasteiger partial charge in [0.25, 0.3) is 0 Å². The van der Waals surface area contributed by atoms with Gasteiger partial charge in [-0.2, -0.15) is 0 Å². The number of hydrogen-bond acceptors (Lipinski definition) is 0. The standard InChI is InChI=1S/C67H46N2/c1-67(2)61-20-12-11-19-55(61)56-32-31-54(42-62(56)67)69-65-34-27-50(44-15-7-4-8-16-44)39-58(65)60-41-52(29-36-66(60)69)47-23-21-46(22-24-47)51-28-35-64-59(40-51)57-38-49(43-13-5-3-6-14-43)26-33-63(57)68(64)53-30-25-45-17-9-10-18-48(45)37-53/h3-42H,1-2H3. The minimum absolute atomic E-state index is 0.0884. The van der Waals surface area contributed by atoms with Crippen molar-refractivity contribution in [3.63, 3.8) is 0 Å². The molecule has 0 atom stereocenters. The predicted molar refractivity (Wildman–Crippen MR) is 292 cm³/mol. The van der Waals surface area contributed by atoms with Gasteiger partial charge in [0.1, 0.15) is 0 Å². The predicted octanol–water partition coefficient (Wildman–Crippen LogP) is 18.0. The van der Waals surface area contributed by atoms with Crippen LogP contribution in [0.2, 0.25) is 0 Å². The fourth-order valence-electron chi connectivity index (χ4n) is 11.6. The number of hydrogen-bond donors (Lipinski definition) is 0. The number of fused-ring (bicyclic) bond motifs is 10. The van der Waals surface area contributed by atoms with Crippen LogP contribution in [0.3, 0.4) is 0 Å². The Bertz CT molecular complexity index is 4190. The van der Waals surface area contributed by atoms with Crippen molar-refractivity contribution in [1.29, 1.82) is 0 Å². The van der Waals surface area contributed by atoms with Crippen LogP contribution in [0, 0.1) is 0 Å². The zero-order valence-electron chi connectivity index (χ0n) is 38.5. The molecule has 2 heterocycles. The molecule has 0 aliphatic heterocycles. The first-order valence-electron chi connectivity index (χ1n) is 24.1. The van der Waals surface area contributed by atoms with Gasteiger partial charge in [0.05, 0.1) is 22.1 Å². The number of benzene rings is 11. The summed E-state index contributed by atoms with van der Waals surface area (Å²) >= 11 is 0. The van der Waals surface area contributed by atoms with E-state index in [9.17, 15) is 0 Å². The van der Waals surface area contributed by atoms with Crippen molar-refractivity contribution < 1.29 is 0 Å². The summed E-state index contributed by atoms with van der Waals surface area (Å²) < 4.78 is 4.90. The van der Waals surface area contributed by atoms with Crippen LogP contribution >= 0.6 is 0 Å². The van der Waals surface area contributed by atoms with Crippen molar-refractivity contribution in [3.05, 3.63) is 254 Å². The average Bonchev–Trinajstić information content (AvgIpc) is 4.00. The molecule has 324 valence electrons. The molecule has 0 amide bonds. The minimum atomic E-state index is -0.0884. The molecule has 2 nitrogen and oxygen atoms in total. The second kappa shape index (κ2) is 15.2. The Balaban J connectivity index is 0.880. The monoisotopic (exact) mass is 878 g/mol. The smallest absolute Gasteiger partial charge is 0.0541 e. The summed E-state index contributed by atoms with van der Waals surface area (Å²) in [5.74, 6) is 0. The quantitative estimate of drug-likeness (QED) is 0.157. The first-order valence-corrected chi connectivity index (χ1v) is 24.1. The lowest BCUT2D eigenvalue weighted by Gasteiger charge is -2.22. The van der Waals surface area contributed by atoms with Crippen LogP contribution in [-0.2, 0) is 5.41 Å². The van der Waals surface area contributed by atoms with Crippen LogP contribution in [0.5, 0.6) is 0 Å². The van der Waals surface area contributed by atoms with Crippen LogP contribution < -0.4 is 0 Å². The van der Waals surface area contributed by atoms with Gasteiger partial charge in [-0.25, -0.2) is 0 Å². The maximum atomic E-state index is 2.47. The number of aromatic nitrogens is 2. The Morgan fingerprint density at radius 1 is 0.261 bits per heavy atom. The van der Waals surface area contributed by atoms with E-state index in [0.717, 1.165) is 5.69 Å². The zero-order valence-corrected chi connectivity index (χ0v) is 38.5. The fraction of sp³-hybridized carbons (Fsp3) is 0.0448. The van der Waals surface area contributed by atoms with Crippen LogP contribution in [-0.4, -0.2) is 9.13 Å². The third kappa shape index (κ3) is 6.19. The normalized spacial score (nSPS) is 12.9. The van der Waals surface area contributed by atoms with Gasteiger partial charge in [-0.3, -0.25) is 0 Å². The van der Waals surface area contributed by atoms with Gasteiger partial charge in [0.2, 0.25) is 0 Å². The molecule has 14 rings (SSSR count). The van der Waals surface area contributed by atoms with Crippen molar-refractivity contribution in [3.8, 4) is 67.0 Å². The molecule has 13 aromatic rings. The van der Waals surface area contributed by atoms with Gasteiger partial charge in [-0.1, -0.05) is 184 Å². The van der Waals surface area contributed by atoms with Gasteiger partial charge in [-0.15, -0.1) is 0 Å². The van der Waals surface area contributed by atoms with E-state index in [0.29, 0.717) is 0 Å². The van der Waals surface area contributed by atoms with Crippen molar-refractivity contribution >= 4 is 54.4 Å². The maximum absolute atomic E-state index is 2.47. The fourth-order valence-corrected chi connectivity index (χ4v) is 11.6. The maximum Gasteiger partial charge on any atom is 0.0541 e. The highest BCUT2D eigenvalue weighted by molar-refractivity contribution is 6.13. The van der Waals surface area contributed by atoms with Gasteiger partial charge < -0.3 is 9.13 Å². The summed E-state index contributed by atoms with van der Waals surface area (Å²) in [6.07, 6.45) is 0. The first-order chi connectivity index (χ1) is 33.9. The summed E-state index contributed by atoms with van der Waals surface area (Å²) in [6.45, 7) is 4.73. The molecule has 0 bridgehead atoms. The number of nitrogens with zero attached hydrogens (tertiary/aromatic N) is 2. The molecular formula is C67H46N2. The molecule has 0 N–H and O–H groups in total. The van der Waals surface area contributed by atoms with E-state index in [-0.39, 0.29) is 5.41 Å². The van der Waals surface area contributed by atoms with Crippen molar-refractivity contribution in [2.75, 3.05) is 0 Å². The number of rotatable bonds is 6. The summed E-state index contributed by atoms with van der Waals surface area (Å²) in [7, 11) is 0. The molecule has 2 heteroatoms. The highest BCUT2D eigenvalue weighted by atomic mass is 15.0. The van der Waals surface area contributed by atoms with Gasteiger partial charge in [-0.05, 0) is 150 Å². The molecule has 11 aromatic carbocycles. The Labute approximate surface area is 401 Å². The van der Waals surface area contributed by atoms with Crippen LogP contribution in [0.25, 0.3) is 121 Å². The van der Waals surface area contributed by atoms with Crippen molar-refractivity contribution in [2.45, 2.75) is 19.3 Å². The molecule has 0 fully saturated rings. The molecule has 69 heavy (non-hydrogen) atoms. The third-order valence-electron chi connectivity index (χ3n) is 15.1. The molecule has 1 aliphatic rings. The van der Waals surface area contributed by atoms with E-state index in [4.69, 9.17) is 0 Å². The summed E-state index contributed by atoms with van der Waals surface area (Å²) in [5, 5.41) is 7.46. The Morgan fingerprint density at radius 3 is 1.14 bits per heavy atom. The third-order valence-corrected chi connectivity index (χ3v) is 15.1. The summed E-state index contributed by atoms with van der Waals surface area (Å²) in [6, 6.07) is 90.0. The molecule has 1 aliphatic carbocycles. The summed E-state index contributed by atoms with van der Waals surface area (Å²) in [5.41, 5.74) is 22.2. The second-order valence-corrected chi connectivity index (χ2v) is 19.3. The van der Waals surface area contributed by atoms with E-state index >= 15 is 0 Å². The van der Waals surface area contributed by atoms with E-state index < -0.39 is 0 Å². The largest absolute Gasteiger partial charge is 0.309 e. The highest BCUT2D eigenvalue weighted by Crippen LogP contribution is 2.50. The van der Waals surface area contributed by atoms with Crippen molar-refractivity contribution in [1.82, 2.24) is 9.13 Å². The van der Waals surface area contributed by atoms with Crippen LogP contribution in [0.4, 0.5) is 0 Å². The van der Waals surface area contributed by atoms with Crippen molar-refractivity contribution in [2.24, 2.45) is 0 Å². The highest BCUT2D eigenvalue weighted by Gasteiger charge is 2.35. The Kier molecular flexibility index (Phi) is 8.66. The zero-order chi connectivity index (χ0) is 45.8. The van der Waals surface area contributed by atoms with E-state index in [1.54, 1.807) is 0 Å². The lowest BCUT2D eigenvalue weighted by molar-refractivity contribution is 0.660. The Hall–Kier alpha value is -8.72. The van der Waals surface area contributed by atoms with Crippen LogP contribution in [0.15, 0.2) is 243 Å². The molecule has 0 radical (unpaired) electrons. The Morgan fingerprint density at radius 2 is 0.638 bits per heavy atom. The van der Waals surface area contributed by atoms with Gasteiger partial charge in [0, 0.05) is 38.3 Å². The van der Waals surface area contributed by atoms with E-state index in [2.05, 4.69) is 266 Å². The van der Waals surface area contributed by atoms with E-state index in [1.165, 1.54) is 127 Å². The topological polar surface area (TPSA) is 9.86 Å². The summed E-state index contributed by atoms with van der Waals surface area (Å²) in [4.78, 5) is 0. The van der Waals surface area contributed by atoms with E-state index in [1.807, 2.05) is 0 Å². The molecule has 0 spiro atoms. The minimum Gasteiger partial charge on any atom is -0.309 e. The van der Waals surface area contributed by atoms with Crippen LogP contribution in [0.1, 0.15) is 25.0 Å². The molecule has 2 aromatic heterocycles. The lowest BCUT2D eigenvalue weighted by atomic mass is 9.82. The SMILES string of the molecule is CC1(C)c2ccccc2-c2ccc(-n3c4ccc(-c5ccccc5)cc4c4cc(-c5ccc(-c6ccc7c(c6)c6cc(-c8ccccc8)ccc6n7-c6ccc7ccccc7c6)cc5)ccc43)cc21. The molecule has 0 unspecified atom stereocenters. The first kappa shape index (κ1) is 39.4. The van der Waals surface area contributed by atoms with Gasteiger partial charge in [0.15, 0.2) is 0 Å². The molecular weight excluding hydrogens is 833 g/mol. The second-order valence-electron chi connectivity index (χ2n) is 19.3.